The maximum atomic E-state index is 12.6. The second-order valence-electron chi connectivity index (χ2n) is 8.46. The number of rotatable bonds is 7. The van der Waals surface area contributed by atoms with Gasteiger partial charge in [-0.15, -0.1) is 0 Å². The van der Waals surface area contributed by atoms with Crippen molar-refractivity contribution in [3.63, 3.8) is 0 Å². The minimum Gasteiger partial charge on any atom is -0.481 e. The zero-order chi connectivity index (χ0) is 23.4. The second kappa shape index (κ2) is 9.12. The van der Waals surface area contributed by atoms with Gasteiger partial charge in [0.1, 0.15) is 0 Å². The molecule has 1 aromatic heterocycles. The fraction of sp³-hybridized carbons (Fsp3) is 0.148. The molecular formula is C27H24N2O4. The van der Waals surface area contributed by atoms with Crippen molar-refractivity contribution in [1.82, 2.24) is 4.98 Å². The molecule has 4 rings (SSSR count). The predicted octanol–water partition coefficient (Wildman–Crippen LogP) is 5.91. The lowest BCUT2D eigenvalue weighted by Crippen LogP contribution is -2.26. The molecule has 33 heavy (non-hydrogen) atoms. The number of carboxylic acid groups (broad SMARTS) is 1. The molecule has 6 heteroatoms. The van der Waals surface area contributed by atoms with Crippen LogP contribution in [-0.2, 0) is 11.2 Å². The first-order valence-electron chi connectivity index (χ1n) is 10.6. The second-order valence-corrected chi connectivity index (χ2v) is 8.46. The summed E-state index contributed by atoms with van der Waals surface area (Å²) in [7, 11) is 0. The van der Waals surface area contributed by atoms with Gasteiger partial charge < -0.3 is 14.8 Å². The third-order valence-electron chi connectivity index (χ3n) is 5.41. The Morgan fingerprint density at radius 3 is 2.12 bits per heavy atom. The third kappa shape index (κ3) is 5.18. The van der Waals surface area contributed by atoms with Gasteiger partial charge in [-0.3, -0.25) is 9.59 Å². The Balaban J connectivity index is 1.41. The molecule has 3 aromatic carbocycles. The molecule has 166 valence electrons. The van der Waals surface area contributed by atoms with Crippen LogP contribution in [0, 0.1) is 5.41 Å². The Morgan fingerprint density at radius 1 is 0.879 bits per heavy atom. The fourth-order valence-electron chi connectivity index (χ4n) is 3.34. The van der Waals surface area contributed by atoms with Crippen molar-refractivity contribution in [3.8, 4) is 22.5 Å². The minimum absolute atomic E-state index is 0.186. The summed E-state index contributed by atoms with van der Waals surface area (Å²) in [6.07, 6.45) is 1.75. The van der Waals surface area contributed by atoms with E-state index in [2.05, 4.69) is 10.3 Å². The van der Waals surface area contributed by atoms with E-state index >= 15 is 0 Å². The molecular weight excluding hydrogens is 416 g/mol. The van der Waals surface area contributed by atoms with Crippen molar-refractivity contribution >= 4 is 17.6 Å². The maximum absolute atomic E-state index is 12.6. The fourth-order valence-corrected chi connectivity index (χ4v) is 3.34. The maximum Gasteiger partial charge on any atom is 0.309 e. The van der Waals surface area contributed by atoms with E-state index in [0.29, 0.717) is 22.9 Å². The predicted molar refractivity (Wildman–Crippen MR) is 127 cm³/mol. The number of anilines is 1. The summed E-state index contributed by atoms with van der Waals surface area (Å²) in [4.78, 5) is 28.1. The summed E-state index contributed by atoms with van der Waals surface area (Å²) >= 11 is 0. The highest BCUT2D eigenvalue weighted by Gasteiger charge is 2.29. The lowest BCUT2D eigenvalue weighted by atomic mass is 9.90. The van der Waals surface area contributed by atoms with E-state index in [4.69, 9.17) is 4.42 Å². The van der Waals surface area contributed by atoms with E-state index in [-0.39, 0.29) is 12.3 Å². The van der Waals surface area contributed by atoms with E-state index < -0.39 is 11.4 Å². The van der Waals surface area contributed by atoms with Crippen LogP contribution in [0.4, 0.5) is 5.69 Å². The molecule has 4 aromatic rings. The van der Waals surface area contributed by atoms with Gasteiger partial charge in [-0.05, 0) is 49.2 Å². The minimum atomic E-state index is -0.969. The molecule has 0 saturated heterocycles. The van der Waals surface area contributed by atoms with Crippen LogP contribution in [0.1, 0.15) is 30.1 Å². The topological polar surface area (TPSA) is 92.4 Å². The average Bonchev–Trinajstić information content (AvgIpc) is 3.28. The van der Waals surface area contributed by atoms with Crippen molar-refractivity contribution in [2.75, 3.05) is 5.32 Å². The molecule has 0 bridgehead atoms. The molecule has 0 aliphatic carbocycles. The number of carbonyl (C=O) groups is 2. The first-order valence-corrected chi connectivity index (χ1v) is 10.6. The van der Waals surface area contributed by atoms with Crippen molar-refractivity contribution in [1.29, 1.82) is 0 Å². The highest BCUT2D eigenvalue weighted by Crippen LogP contribution is 2.26. The van der Waals surface area contributed by atoms with Crippen LogP contribution in [0.3, 0.4) is 0 Å². The number of amides is 1. The standard InChI is InChI=1S/C27H24N2O4/c1-27(2,26(31)32)16-24-28-17-23(33-24)20-8-10-21(11-9-20)25(30)29-22-14-12-19(13-15-22)18-6-4-3-5-7-18/h3-15,17H,16H2,1-2H3,(H,29,30)(H,31,32). The molecule has 0 unspecified atom stereocenters. The summed E-state index contributed by atoms with van der Waals surface area (Å²) in [5.41, 5.74) is 3.21. The Kier molecular flexibility index (Phi) is 6.09. The number of nitrogens with zero attached hydrogens (tertiary/aromatic N) is 1. The molecule has 0 spiro atoms. The molecule has 1 heterocycles. The van der Waals surface area contributed by atoms with Crippen molar-refractivity contribution in [3.05, 3.63) is 96.5 Å². The van der Waals surface area contributed by atoms with E-state index in [1.807, 2.05) is 54.6 Å². The van der Waals surface area contributed by atoms with Crippen LogP contribution in [0.25, 0.3) is 22.5 Å². The van der Waals surface area contributed by atoms with Crippen LogP contribution in [0.5, 0.6) is 0 Å². The van der Waals surface area contributed by atoms with Crippen LogP contribution < -0.4 is 5.32 Å². The van der Waals surface area contributed by atoms with Gasteiger partial charge >= 0.3 is 5.97 Å². The van der Waals surface area contributed by atoms with Crippen LogP contribution in [0.2, 0.25) is 0 Å². The van der Waals surface area contributed by atoms with E-state index in [9.17, 15) is 14.7 Å². The SMILES string of the molecule is CC(C)(Cc1ncc(-c2ccc(C(=O)Nc3ccc(-c4ccccc4)cc3)cc2)o1)C(=O)O. The number of hydrogen-bond donors (Lipinski definition) is 2. The van der Waals surface area contributed by atoms with Crippen molar-refractivity contribution in [2.24, 2.45) is 5.41 Å². The normalized spacial score (nSPS) is 11.2. The third-order valence-corrected chi connectivity index (χ3v) is 5.41. The summed E-state index contributed by atoms with van der Waals surface area (Å²) < 4.78 is 5.72. The summed E-state index contributed by atoms with van der Waals surface area (Å²) in [6, 6.07) is 24.7. The van der Waals surface area contributed by atoms with Gasteiger partial charge in [0.25, 0.3) is 5.91 Å². The van der Waals surface area contributed by atoms with Gasteiger partial charge in [-0.2, -0.15) is 0 Å². The summed E-state index contributed by atoms with van der Waals surface area (Å²) in [5.74, 6) is -0.240. The van der Waals surface area contributed by atoms with E-state index in [0.717, 1.165) is 16.7 Å². The summed E-state index contributed by atoms with van der Waals surface area (Å²) in [5, 5.41) is 12.2. The molecule has 0 aliphatic rings. The van der Waals surface area contributed by atoms with E-state index in [1.54, 1.807) is 44.3 Å². The van der Waals surface area contributed by atoms with Gasteiger partial charge in [0.2, 0.25) is 0 Å². The van der Waals surface area contributed by atoms with Crippen LogP contribution in [-0.4, -0.2) is 22.0 Å². The van der Waals surface area contributed by atoms with E-state index in [1.165, 1.54) is 0 Å². The Morgan fingerprint density at radius 2 is 1.48 bits per heavy atom. The largest absolute Gasteiger partial charge is 0.481 e. The first kappa shape index (κ1) is 22.0. The van der Waals surface area contributed by atoms with Gasteiger partial charge in [-0.25, -0.2) is 4.98 Å². The van der Waals surface area contributed by atoms with Gasteiger partial charge in [0, 0.05) is 23.2 Å². The zero-order valence-electron chi connectivity index (χ0n) is 18.4. The Hall–Kier alpha value is -4.19. The number of carbonyl (C=O) groups excluding carboxylic acids is 1. The molecule has 0 radical (unpaired) electrons. The van der Waals surface area contributed by atoms with Gasteiger partial charge in [-0.1, -0.05) is 54.6 Å². The molecule has 6 nitrogen and oxygen atoms in total. The molecule has 0 saturated carbocycles. The number of nitrogens with one attached hydrogen (secondary N) is 1. The lowest BCUT2D eigenvalue weighted by Gasteiger charge is -2.16. The highest BCUT2D eigenvalue weighted by molar-refractivity contribution is 6.04. The molecule has 0 fully saturated rings. The summed E-state index contributed by atoms with van der Waals surface area (Å²) in [6.45, 7) is 3.25. The van der Waals surface area contributed by atoms with Gasteiger partial charge in [0.05, 0.1) is 11.6 Å². The number of aromatic nitrogens is 1. The Labute approximate surface area is 191 Å². The molecule has 2 N–H and O–H groups in total. The molecule has 1 amide bonds. The zero-order valence-corrected chi connectivity index (χ0v) is 18.4. The van der Waals surface area contributed by atoms with Crippen molar-refractivity contribution in [2.45, 2.75) is 20.3 Å². The number of carboxylic acids is 1. The average molecular weight is 440 g/mol. The number of aliphatic carboxylic acids is 1. The quantitative estimate of drug-likeness (QED) is 0.372. The number of benzene rings is 3. The van der Waals surface area contributed by atoms with Gasteiger partial charge in [0.15, 0.2) is 11.7 Å². The first-order chi connectivity index (χ1) is 15.8. The highest BCUT2D eigenvalue weighted by atomic mass is 16.4. The Bertz CT molecular complexity index is 1260. The monoisotopic (exact) mass is 440 g/mol. The number of hydrogen-bond acceptors (Lipinski definition) is 4. The molecule has 0 aliphatic heterocycles. The van der Waals surface area contributed by atoms with Crippen LogP contribution >= 0.6 is 0 Å². The number of oxazole rings is 1. The smallest absolute Gasteiger partial charge is 0.309 e. The van der Waals surface area contributed by atoms with Crippen molar-refractivity contribution < 1.29 is 19.1 Å². The molecule has 0 atom stereocenters. The van der Waals surface area contributed by atoms with Crippen LogP contribution in [0.15, 0.2) is 89.5 Å². The lowest BCUT2D eigenvalue weighted by molar-refractivity contribution is -0.147.